The van der Waals surface area contributed by atoms with E-state index in [1.165, 1.54) is 20.7 Å². The first-order valence-corrected chi connectivity index (χ1v) is 11.2. The summed E-state index contributed by atoms with van der Waals surface area (Å²) in [4.78, 5) is 0. The van der Waals surface area contributed by atoms with Crippen LogP contribution in [0.1, 0.15) is 26.7 Å². The third kappa shape index (κ3) is 38.8. The van der Waals surface area contributed by atoms with E-state index >= 15 is 0 Å². The molecule has 0 atom stereocenters. The van der Waals surface area contributed by atoms with Crippen molar-refractivity contribution in [1.82, 2.24) is 0 Å². The molecule has 0 aromatic carbocycles. The Morgan fingerprint density at radius 1 is 1.22 bits per heavy atom. The fraction of sp³-hybridized carbons (Fsp3) is 1.00. The Morgan fingerprint density at radius 3 is 1.44 bits per heavy atom. The minimum absolute atomic E-state index is 0. The predicted octanol–water partition coefficient (Wildman–Crippen LogP) is 2.45. The van der Waals surface area contributed by atoms with Crippen LogP contribution in [0.3, 0.4) is 0 Å². The molecular weight excluding hydrogens is 505 g/mol. The van der Waals surface area contributed by atoms with Crippen molar-refractivity contribution >= 4 is 13.5 Å². The number of hydrogen-bond donors (Lipinski definition) is 0. The van der Waals surface area contributed by atoms with Crippen molar-refractivity contribution < 1.29 is 52.2 Å². The molecule has 0 nitrogen and oxygen atoms in total. The molecule has 0 unspecified atom stereocenters. The molecule has 0 aliphatic carbocycles. The predicted molar refractivity (Wildman–Crippen MR) is 39.0 cm³/mol. The summed E-state index contributed by atoms with van der Waals surface area (Å²) >= 11 is 2.15. The molecule has 0 N–H and O–H groups in total. The largest absolute Gasteiger partial charge is 0.813 e. The van der Waals surface area contributed by atoms with Crippen molar-refractivity contribution in [2.24, 2.45) is 0 Å². The van der Waals surface area contributed by atoms with Gasteiger partial charge < -0.3 is 13.5 Å². The summed E-state index contributed by atoms with van der Waals surface area (Å²) in [6.07, 6.45) is 2.81. The SMILES string of the molecule is CC[CH2][Hg+].CC[CH2][Hg].[SH-]. The molecule has 0 aliphatic heterocycles. The molecule has 0 saturated carbocycles. The zero-order chi connectivity index (χ0) is 6.83. The Hall–Kier alpha value is 2.22. The molecule has 49 valence electrons. The van der Waals surface area contributed by atoms with Crippen molar-refractivity contribution in [3.8, 4) is 0 Å². The first kappa shape index (κ1) is 17.3. The van der Waals surface area contributed by atoms with E-state index in [1.807, 2.05) is 0 Å². The smallest absolute Gasteiger partial charge is 0.813 e. The Bertz CT molecular complexity index is 19.0. The second-order valence-corrected chi connectivity index (χ2v) is 7.20. The zero-order valence-corrected chi connectivity index (χ0v) is 18.6. The van der Waals surface area contributed by atoms with E-state index < -0.39 is 0 Å². The summed E-state index contributed by atoms with van der Waals surface area (Å²) < 4.78 is 3.03. The van der Waals surface area contributed by atoms with Crippen molar-refractivity contribution in [2.75, 3.05) is 0 Å². The van der Waals surface area contributed by atoms with Crippen LogP contribution in [0.4, 0.5) is 0 Å². The van der Waals surface area contributed by atoms with Gasteiger partial charge in [0.25, 0.3) is 0 Å². The van der Waals surface area contributed by atoms with Crippen LogP contribution in [0.2, 0.25) is 7.86 Å². The Labute approximate surface area is 98.9 Å². The van der Waals surface area contributed by atoms with Gasteiger partial charge in [-0.1, -0.05) is 0 Å². The van der Waals surface area contributed by atoms with Gasteiger partial charge in [0.1, 0.15) is 0 Å². The third-order valence-corrected chi connectivity index (χ3v) is 6.20. The molecule has 0 fully saturated rings. The maximum absolute atomic E-state index is 2.23. The molecular formula is C6H15Hg2S. The first-order chi connectivity index (χ1) is 3.83. The van der Waals surface area contributed by atoms with Crippen LogP contribution in [0.25, 0.3) is 0 Å². The molecule has 0 aromatic heterocycles. The van der Waals surface area contributed by atoms with Gasteiger partial charge in [0, 0.05) is 0 Å². The number of rotatable bonds is 2. The summed E-state index contributed by atoms with van der Waals surface area (Å²) in [5.74, 6) is 0. The van der Waals surface area contributed by atoms with Crippen LogP contribution < -0.4 is 0 Å². The van der Waals surface area contributed by atoms with Crippen molar-refractivity contribution in [3.63, 3.8) is 0 Å². The normalized spacial score (nSPS) is 6.89. The zero-order valence-electron chi connectivity index (χ0n) is 6.69. The number of thiol groups is 1. The van der Waals surface area contributed by atoms with Gasteiger partial charge in [-0.15, -0.1) is 0 Å². The molecule has 0 amide bonds. The fourth-order valence-electron chi connectivity index (χ4n) is 0. The van der Waals surface area contributed by atoms with E-state index in [-0.39, 0.29) is 13.5 Å². The van der Waals surface area contributed by atoms with Gasteiger partial charge >= 0.3 is 86.8 Å². The molecule has 0 aliphatic rings. The van der Waals surface area contributed by atoms with Gasteiger partial charge in [0.05, 0.1) is 0 Å². The summed E-state index contributed by atoms with van der Waals surface area (Å²) in [6.45, 7) is 4.46. The number of hydrogen-bond acceptors (Lipinski definition) is 1. The quantitative estimate of drug-likeness (QED) is 0.307. The van der Waals surface area contributed by atoms with E-state index in [1.54, 1.807) is 0 Å². The van der Waals surface area contributed by atoms with Gasteiger partial charge in [-0.2, -0.15) is 0 Å². The first-order valence-electron chi connectivity index (χ1n) is 3.41. The van der Waals surface area contributed by atoms with Gasteiger partial charge in [-0.05, 0) is 0 Å². The molecule has 0 rings (SSSR count). The van der Waals surface area contributed by atoms with E-state index in [0.717, 1.165) is 52.2 Å². The molecule has 0 radical (unpaired) electrons. The van der Waals surface area contributed by atoms with Crippen LogP contribution >= 0.6 is 0 Å². The average molecular weight is 520 g/mol. The second kappa shape index (κ2) is 22.5. The summed E-state index contributed by atoms with van der Waals surface area (Å²) in [6, 6.07) is 0. The Balaban J connectivity index is -0.0000000720. The van der Waals surface area contributed by atoms with Crippen LogP contribution in [0.5, 0.6) is 0 Å². The average Bonchev–Trinajstić information content (AvgIpc) is 1.88. The van der Waals surface area contributed by atoms with Gasteiger partial charge in [-0.25, -0.2) is 0 Å². The van der Waals surface area contributed by atoms with Crippen molar-refractivity contribution in [1.29, 1.82) is 0 Å². The fourth-order valence-corrected chi connectivity index (χ4v) is 0. The molecule has 0 spiro atoms. The van der Waals surface area contributed by atoms with Crippen LogP contribution in [0.15, 0.2) is 0 Å². The van der Waals surface area contributed by atoms with Crippen LogP contribution in [-0.2, 0) is 65.7 Å². The molecule has 0 heterocycles. The molecule has 0 saturated heterocycles. The Kier molecular flexibility index (Phi) is 43.3. The Morgan fingerprint density at radius 2 is 1.44 bits per heavy atom. The maximum atomic E-state index is 2.23. The molecule has 0 bridgehead atoms. The minimum atomic E-state index is 0. The van der Waals surface area contributed by atoms with Crippen LogP contribution in [-0.4, -0.2) is 0 Å². The standard InChI is InChI=1S/2C3H7.2Hg.H2S/c2*1-3-2;;;/h2*1,3H2,2H3;;;1H2/q;;;+1;/p-1. The van der Waals surface area contributed by atoms with E-state index in [4.69, 9.17) is 0 Å². The minimum Gasteiger partial charge on any atom is -0.813 e. The molecule has 3 heteroatoms. The molecule has 0 aromatic rings. The van der Waals surface area contributed by atoms with Gasteiger partial charge in [0.2, 0.25) is 0 Å². The van der Waals surface area contributed by atoms with E-state index in [2.05, 4.69) is 13.8 Å². The van der Waals surface area contributed by atoms with Crippen molar-refractivity contribution in [2.45, 2.75) is 34.5 Å². The second-order valence-electron chi connectivity index (χ2n) is 1.71. The van der Waals surface area contributed by atoms with E-state index in [0.29, 0.717) is 0 Å². The maximum Gasteiger partial charge on any atom is -0.813 e. The summed E-state index contributed by atoms with van der Waals surface area (Å²) in [5, 5.41) is 0. The molecule has 9 heavy (non-hydrogen) atoms. The van der Waals surface area contributed by atoms with Gasteiger partial charge in [-0.3, -0.25) is 0 Å². The third-order valence-electron chi connectivity index (χ3n) is 0.707. The topological polar surface area (TPSA) is 0 Å². The monoisotopic (exact) mass is 523 g/mol. The summed E-state index contributed by atoms with van der Waals surface area (Å²) in [5.41, 5.74) is 0. The van der Waals surface area contributed by atoms with E-state index in [9.17, 15) is 0 Å². The van der Waals surface area contributed by atoms with Crippen molar-refractivity contribution in [3.05, 3.63) is 0 Å². The van der Waals surface area contributed by atoms with Gasteiger partial charge in [0.15, 0.2) is 0 Å². The van der Waals surface area contributed by atoms with Crippen LogP contribution in [0, 0.1) is 0 Å². The summed E-state index contributed by atoms with van der Waals surface area (Å²) in [7, 11) is 0.